The van der Waals surface area contributed by atoms with Crippen molar-refractivity contribution in [2.24, 2.45) is 0 Å². The summed E-state index contributed by atoms with van der Waals surface area (Å²) in [6, 6.07) is 131. The van der Waals surface area contributed by atoms with E-state index in [-0.39, 0.29) is 0 Å². The average molecular weight is 1430 g/mol. The van der Waals surface area contributed by atoms with E-state index < -0.39 is 5.41 Å². The lowest BCUT2D eigenvalue weighted by Crippen LogP contribution is -2.28. The standard InChI is InChI=1S/C99H60N8S2/c1-4-25-71(26-5-1)99(72-27-6-2-7-28-72)81-36-16-12-34-77(81)92-78(35-22-37-82(92)99)96-101-95(104-98(105-96)91-60-67-24-11-21-42-89(67)109-91)70-52-54-87-80(58-70)76-33-15-19-40-85(76)107(87)83-38-17-13-31-74(83)62-45-43-61(44-46-62)63-47-48-65-56-68(50-49-64(65)55-63)93-100-94(103-97(102-93)90-59-66-23-10-20-41-88(66)108-90)69-51-53-86-79(57-69)75-32-14-18-39-84(75)106(86)73-29-8-3-9-30-73/h1-60H. The van der Waals surface area contributed by atoms with E-state index in [0.29, 0.717) is 34.9 Å². The predicted octanol–water partition coefficient (Wildman–Crippen LogP) is 25.5. The highest BCUT2D eigenvalue weighted by molar-refractivity contribution is 7.22. The number of para-hydroxylation sites is 4. The fraction of sp³-hybridized carbons (Fsp3) is 0.0101. The highest BCUT2D eigenvalue weighted by Crippen LogP contribution is 2.58. The van der Waals surface area contributed by atoms with Crippen LogP contribution in [0.2, 0.25) is 0 Å². The number of fused-ring (bicyclic) bond motifs is 12. The lowest BCUT2D eigenvalue weighted by atomic mass is 9.67. The van der Waals surface area contributed by atoms with Crippen LogP contribution in [0.3, 0.4) is 0 Å². The Bertz CT molecular complexity index is 7130. The summed E-state index contributed by atoms with van der Waals surface area (Å²) in [7, 11) is 0. The fourth-order valence-electron chi connectivity index (χ4n) is 17.0. The molecule has 1 aliphatic carbocycles. The van der Waals surface area contributed by atoms with Gasteiger partial charge in [-0.2, -0.15) is 0 Å². The van der Waals surface area contributed by atoms with Gasteiger partial charge in [0.05, 0.1) is 42.9 Å². The highest BCUT2D eigenvalue weighted by atomic mass is 32.1. The SMILES string of the molecule is c1ccc(-n2c3ccccc3c3cc(-c4nc(-c5ccc6cc(-c7ccc(-c8ccccc8-n8c9ccccc9c9cc(-c%10nc(-c%11cc%12ccccc%12s%11)nc(-c%11cccc%12c%11-c%11ccccc%11C%12(c%11ccccc%11)c%11ccccc%11)n%10)ccc98)cc7)ccc6c5)nc(-c5cc6ccccc6s5)n4)ccc32)cc1. The quantitative estimate of drug-likeness (QED) is 0.121. The van der Waals surface area contributed by atoms with Crippen LogP contribution in [0.25, 0.3) is 186 Å². The molecule has 15 aromatic carbocycles. The number of hydrogen-bond acceptors (Lipinski definition) is 8. The number of aromatic nitrogens is 8. The Morgan fingerprint density at radius 2 is 0.661 bits per heavy atom. The van der Waals surface area contributed by atoms with Crippen molar-refractivity contribution in [2.75, 3.05) is 0 Å². The monoisotopic (exact) mass is 1420 g/mol. The maximum atomic E-state index is 5.58. The lowest BCUT2D eigenvalue weighted by molar-refractivity contribution is 0.768. The third-order valence-corrected chi connectivity index (χ3v) is 24.2. The Morgan fingerprint density at radius 1 is 0.239 bits per heavy atom. The number of hydrogen-bond donors (Lipinski definition) is 0. The topological polar surface area (TPSA) is 87.2 Å². The number of benzene rings is 15. The molecule has 6 heterocycles. The molecule has 0 amide bonds. The van der Waals surface area contributed by atoms with Gasteiger partial charge in [0.1, 0.15) is 0 Å². The Hall–Kier alpha value is -13.9. The van der Waals surface area contributed by atoms with Gasteiger partial charge in [0, 0.05) is 64.4 Å². The number of thiophene rings is 2. The molecule has 6 aromatic heterocycles. The van der Waals surface area contributed by atoms with E-state index in [4.69, 9.17) is 29.9 Å². The first kappa shape index (κ1) is 62.5. The van der Waals surface area contributed by atoms with Crippen LogP contribution in [0.4, 0.5) is 0 Å². The summed E-state index contributed by atoms with van der Waals surface area (Å²) in [4.78, 5) is 34.3. The van der Waals surface area contributed by atoms with Crippen LogP contribution in [-0.4, -0.2) is 39.0 Å². The molecule has 0 aliphatic heterocycles. The second-order valence-corrected chi connectivity index (χ2v) is 30.2. The molecule has 0 bridgehead atoms. The molecular formula is C99H60N8S2. The summed E-state index contributed by atoms with van der Waals surface area (Å²) in [6.07, 6.45) is 0. The van der Waals surface area contributed by atoms with Crippen LogP contribution < -0.4 is 0 Å². The Kier molecular flexibility index (Phi) is 14.4. The summed E-state index contributed by atoms with van der Waals surface area (Å²) >= 11 is 3.41. The maximum Gasteiger partial charge on any atom is 0.174 e. The van der Waals surface area contributed by atoms with Gasteiger partial charge in [0.15, 0.2) is 34.9 Å². The first-order valence-corrected chi connectivity index (χ1v) is 38.3. The minimum atomic E-state index is -0.588. The first-order valence-electron chi connectivity index (χ1n) is 36.7. The molecule has 0 unspecified atom stereocenters. The van der Waals surface area contributed by atoms with E-state index in [9.17, 15) is 0 Å². The molecule has 508 valence electrons. The molecule has 22 rings (SSSR count). The summed E-state index contributed by atoms with van der Waals surface area (Å²) < 4.78 is 7.12. The molecule has 0 radical (unpaired) electrons. The van der Waals surface area contributed by atoms with E-state index in [1.165, 1.54) is 42.6 Å². The van der Waals surface area contributed by atoms with Gasteiger partial charge in [-0.3, -0.25) is 0 Å². The minimum Gasteiger partial charge on any atom is -0.309 e. The fourth-order valence-corrected chi connectivity index (χ4v) is 19.0. The molecule has 10 heteroatoms. The second kappa shape index (κ2) is 25.1. The van der Waals surface area contributed by atoms with Gasteiger partial charge in [0.2, 0.25) is 0 Å². The maximum absolute atomic E-state index is 5.58. The van der Waals surface area contributed by atoms with Crippen molar-refractivity contribution in [3.05, 3.63) is 386 Å². The van der Waals surface area contributed by atoms with Crippen LogP contribution in [0.5, 0.6) is 0 Å². The number of rotatable bonds is 12. The van der Waals surface area contributed by atoms with Gasteiger partial charge < -0.3 is 9.13 Å². The summed E-state index contributed by atoms with van der Waals surface area (Å²) in [5, 5.41) is 9.08. The first-order chi connectivity index (χ1) is 54.0. The minimum absolute atomic E-state index is 0.588. The zero-order valence-electron chi connectivity index (χ0n) is 58.5. The largest absolute Gasteiger partial charge is 0.309 e. The van der Waals surface area contributed by atoms with Gasteiger partial charge in [-0.1, -0.05) is 261 Å². The third-order valence-electron chi connectivity index (χ3n) is 21.9. The van der Waals surface area contributed by atoms with Crippen LogP contribution in [0.15, 0.2) is 364 Å². The summed E-state index contributed by atoms with van der Waals surface area (Å²) in [5.41, 5.74) is 21.4. The average Bonchev–Trinajstić information content (AvgIpc) is 1.54. The third kappa shape index (κ3) is 10.2. The molecule has 109 heavy (non-hydrogen) atoms. The smallest absolute Gasteiger partial charge is 0.174 e. The number of nitrogens with zero attached hydrogens (tertiary/aromatic N) is 8. The van der Waals surface area contributed by atoms with Crippen molar-refractivity contribution < 1.29 is 0 Å². The zero-order valence-corrected chi connectivity index (χ0v) is 60.2. The molecule has 1 aliphatic rings. The summed E-state index contributed by atoms with van der Waals surface area (Å²) in [5.74, 6) is 3.77. The van der Waals surface area contributed by atoms with Crippen molar-refractivity contribution >= 4 is 97.2 Å². The van der Waals surface area contributed by atoms with Crippen LogP contribution >= 0.6 is 22.7 Å². The van der Waals surface area contributed by atoms with Gasteiger partial charge in [-0.15, -0.1) is 22.7 Å². The predicted molar refractivity (Wildman–Crippen MR) is 451 cm³/mol. The van der Waals surface area contributed by atoms with Crippen molar-refractivity contribution in [3.8, 4) is 112 Å². The molecule has 0 spiro atoms. The Morgan fingerprint density at radius 3 is 1.28 bits per heavy atom. The highest BCUT2D eigenvalue weighted by Gasteiger charge is 2.47. The van der Waals surface area contributed by atoms with Gasteiger partial charge in [-0.05, 0) is 175 Å². The van der Waals surface area contributed by atoms with Gasteiger partial charge in [-0.25, -0.2) is 29.9 Å². The molecule has 0 fully saturated rings. The molecule has 0 saturated carbocycles. The van der Waals surface area contributed by atoms with E-state index in [1.807, 2.05) is 0 Å². The van der Waals surface area contributed by atoms with Crippen molar-refractivity contribution in [1.29, 1.82) is 0 Å². The normalized spacial score (nSPS) is 12.5. The molecule has 0 saturated heterocycles. The molecule has 0 atom stereocenters. The van der Waals surface area contributed by atoms with Gasteiger partial charge in [0.25, 0.3) is 0 Å². The molecular weight excluding hydrogens is 1370 g/mol. The van der Waals surface area contributed by atoms with Crippen LogP contribution in [-0.2, 0) is 5.41 Å². The molecule has 8 nitrogen and oxygen atoms in total. The van der Waals surface area contributed by atoms with E-state index in [1.54, 1.807) is 22.7 Å². The van der Waals surface area contributed by atoms with E-state index in [0.717, 1.165) is 131 Å². The van der Waals surface area contributed by atoms with E-state index in [2.05, 4.69) is 373 Å². The molecule has 21 aromatic rings. The second-order valence-electron chi connectivity index (χ2n) is 28.0. The van der Waals surface area contributed by atoms with Crippen molar-refractivity contribution in [1.82, 2.24) is 39.0 Å². The summed E-state index contributed by atoms with van der Waals surface area (Å²) in [6.45, 7) is 0. The van der Waals surface area contributed by atoms with Crippen molar-refractivity contribution in [3.63, 3.8) is 0 Å². The van der Waals surface area contributed by atoms with Crippen LogP contribution in [0, 0.1) is 0 Å². The lowest BCUT2D eigenvalue weighted by Gasteiger charge is -2.33. The Balaban J connectivity index is 0.609. The van der Waals surface area contributed by atoms with E-state index >= 15 is 0 Å². The van der Waals surface area contributed by atoms with Gasteiger partial charge >= 0.3 is 0 Å². The Labute approximate surface area is 635 Å². The zero-order chi connectivity index (χ0) is 71.7. The van der Waals surface area contributed by atoms with Crippen LogP contribution in [0.1, 0.15) is 22.3 Å². The molecule has 0 N–H and O–H groups in total. The van der Waals surface area contributed by atoms with Crippen molar-refractivity contribution in [2.45, 2.75) is 5.41 Å².